The first kappa shape index (κ1) is 16.1. The van der Waals surface area contributed by atoms with Crippen molar-refractivity contribution in [2.75, 3.05) is 20.8 Å². The summed E-state index contributed by atoms with van der Waals surface area (Å²) in [5.41, 5.74) is 8.49. The summed E-state index contributed by atoms with van der Waals surface area (Å²) < 4.78 is 10.8. The van der Waals surface area contributed by atoms with Crippen LogP contribution >= 0.6 is 0 Å². The highest BCUT2D eigenvalue weighted by atomic mass is 16.5. The van der Waals surface area contributed by atoms with Gasteiger partial charge >= 0.3 is 0 Å². The number of likely N-dealkylation sites (tertiary alicyclic amines) is 1. The van der Waals surface area contributed by atoms with E-state index in [9.17, 15) is 0 Å². The van der Waals surface area contributed by atoms with Crippen molar-refractivity contribution >= 4 is 0 Å². The molecule has 1 aromatic rings. The molecule has 2 unspecified atom stereocenters. The average Bonchev–Trinajstić information content (AvgIpc) is 2.50. The zero-order valence-electron chi connectivity index (χ0n) is 13.7. The van der Waals surface area contributed by atoms with Crippen molar-refractivity contribution in [1.29, 1.82) is 0 Å². The lowest BCUT2D eigenvalue weighted by Crippen LogP contribution is -2.48. The summed E-state index contributed by atoms with van der Waals surface area (Å²) in [5, 5.41) is 0. The zero-order valence-corrected chi connectivity index (χ0v) is 13.7. The summed E-state index contributed by atoms with van der Waals surface area (Å²) in [7, 11) is 3.36. The van der Waals surface area contributed by atoms with Crippen LogP contribution in [0.3, 0.4) is 0 Å². The van der Waals surface area contributed by atoms with Crippen molar-refractivity contribution in [3.8, 4) is 11.5 Å². The van der Waals surface area contributed by atoms with Crippen molar-refractivity contribution in [3.05, 3.63) is 23.3 Å². The van der Waals surface area contributed by atoms with Crippen LogP contribution in [0.4, 0.5) is 0 Å². The zero-order chi connectivity index (χ0) is 15.4. The van der Waals surface area contributed by atoms with E-state index < -0.39 is 0 Å². The number of nitrogens with two attached hydrogens (primary N) is 1. The van der Waals surface area contributed by atoms with Crippen LogP contribution in [0.15, 0.2) is 12.1 Å². The lowest BCUT2D eigenvalue weighted by atomic mass is 9.95. The third-order valence-corrected chi connectivity index (χ3v) is 4.66. The van der Waals surface area contributed by atoms with Gasteiger partial charge in [-0.3, -0.25) is 4.90 Å². The summed E-state index contributed by atoms with van der Waals surface area (Å²) in [6.07, 6.45) is 3.74. The Balaban J connectivity index is 2.25. The van der Waals surface area contributed by atoms with Crippen molar-refractivity contribution in [2.24, 2.45) is 5.73 Å². The first-order chi connectivity index (χ1) is 10.1. The Morgan fingerprint density at radius 2 is 1.86 bits per heavy atom. The highest BCUT2D eigenvalue weighted by molar-refractivity contribution is 5.47. The number of hydrogen-bond acceptors (Lipinski definition) is 4. The minimum Gasteiger partial charge on any atom is -0.493 e. The van der Waals surface area contributed by atoms with Gasteiger partial charge in [-0.15, -0.1) is 0 Å². The minimum absolute atomic E-state index is 0.487. The number of nitrogens with zero attached hydrogens (tertiary/aromatic N) is 1. The van der Waals surface area contributed by atoms with E-state index in [2.05, 4.69) is 30.9 Å². The fourth-order valence-electron chi connectivity index (χ4n) is 3.27. The summed E-state index contributed by atoms with van der Waals surface area (Å²) >= 11 is 0. The van der Waals surface area contributed by atoms with Gasteiger partial charge in [0.25, 0.3) is 0 Å². The van der Waals surface area contributed by atoms with Gasteiger partial charge in [-0.2, -0.15) is 0 Å². The second-order valence-electron chi connectivity index (χ2n) is 5.98. The Kier molecular flexibility index (Phi) is 5.48. The summed E-state index contributed by atoms with van der Waals surface area (Å²) in [5.74, 6) is 1.59. The van der Waals surface area contributed by atoms with E-state index in [0.29, 0.717) is 12.1 Å². The number of aryl methyl sites for hydroxylation is 1. The average molecular weight is 292 g/mol. The standard InChI is InChI=1S/C17H28N2O2/c1-12-8-16(20-3)17(21-4)9-14(12)11-19-13(2)6-5-7-15(19)10-18/h8-9,13,15H,5-7,10-11,18H2,1-4H3. The Labute approximate surface area is 128 Å². The van der Waals surface area contributed by atoms with Gasteiger partial charge in [0.15, 0.2) is 11.5 Å². The molecule has 2 N–H and O–H groups in total. The number of methoxy groups -OCH3 is 2. The van der Waals surface area contributed by atoms with E-state index >= 15 is 0 Å². The van der Waals surface area contributed by atoms with Gasteiger partial charge in [0.05, 0.1) is 14.2 Å². The van der Waals surface area contributed by atoms with Crippen molar-refractivity contribution < 1.29 is 9.47 Å². The highest BCUT2D eigenvalue weighted by Crippen LogP contribution is 2.32. The van der Waals surface area contributed by atoms with Crippen molar-refractivity contribution in [2.45, 2.75) is 51.7 Å². The molecule has 1 fully saturated rings. The highest BCUT2D eigenvalue weighted by Gasteiger charge is 2.27. The molecule has 4 heteroatoms. The molecule has 0 spiro atoms. The van der Waals surface area contributed by atoms with E-state index in [1.807, 2.05) is 0 Å². The van der Waals surface area contributed by atoms with Crippen LogP contribution in [0.25, 0.3) is 0 Å². The quantitative estimate of drug-likeness (QED) is 0.906. The maximum Gasteiger partial charge on any atom is 0.161 e. The van der Waals surface area contributed by atoms with Gasteiger partial charge in [-0.05, 0) is 49.9 Å². The SMILES string of the molecule is COc1cc(C)c(CN2C(C)CCCC2CN)cc1OC. The molecule has 0 amide bonds. The maximum atomic E-state index is 5.96. The molecule has 0 aliphatic carbocycles. The summed E-state index contributed by atoms with van der Waals surface area (Å²) in [6.45, 7) is 6.09. The Morgan fingerprint density at radius 3 is 2.48 bits per heavy atom. The molecule has 1 heterocycles. The van der Waals surface area contributed by atoms with Crippen LogP contribution in [0.1, 0.15) is 37.3 Å². The number of piperidine rings is 1. The number of benzene rings is 1. The first-order valence-electron chi connectivity index (χ1n) is 7.78. The monoisotopic (exact) mass is 292 g/mol. The topological polar surface area (TPSA) is 47.7 Å². The van der Waals surface area contributed by atoms with Crippen LogP contribution in [-0.4, -0.2) is 37.7 Å². The number of hydrogen-bond donors (Lipinski definition) is 1. The van der Waals surface area contributed by atoms with E-state index in [0.717, 1.165) is 24.6 Å². The van der Waals surface area contributed by atoms with E-state index in [1.54, 1.807) is 14.2 Å². The number of ether oxygens (including phenoxy) is 2. The predicted molar refractivity (Wildman–Crippen MR) is 86.0 cm³/mol. The third kappa shape index (κ3) is 3.50. The Bertz CT molecular complexity index is 476. The number of rotatable bonds is 5. The van der Waals surface area contributed by atoms with Gasteiger partial charge in [0, 0.05) is 25.2 Å². The van der Waals surface area contributed by atoms with Gasteiger partial charge in [0.2, 0.25) is 0 Å². The molecule has 0 radical (unpaired) electrons. The molecule has 1 saturated heterocycles. The molecular weight excluding hydrogens is 264 g/mol. The Morgan fingerprint density at radius 1 is 1.19 bits per heavy atom. The second-order valence-corrected chi connectivity index (χ2v) is 5.98. The summed E-state index contributed by atoms with van der Waals surface area (Å²) in [4.78, 5) is 2.54. The van der Waals surface area contributed by atoms with Crippen LogP contribution < -0.4 is 15.2 Å². The second kappa shape index (κ2) is 7.14. The van der Waals surface area contributed by atoms with Crippen LogP contribution in [0, 0.1) is 6.92 Å². The van der Waals surface area contributed by atoms with E-state index in [-0.39, 0.29) is 0 Å². The van der Waals surface area contributed by atoms with E-state index in [4.69, 9.17) is 15.2 Å². The molecule has 118 valence electrons. The van der Waals surface area contributed by atoms with Crippen LogP contribution in [-0.2, 0) is 6.54 Å². The van der Waals surface area contributed by atoms with Crippen molar-refractivity contribution in [1.82, 2.24) is 4.90 Å². The fraction of sp³-hybridized carbons (Fsp3) is 0.647. The van der Waals surface area contributed by atoms with E-state index in [1.165, 1.54) is 30.4 Å². The molecule has 0 aromatic heterocycles. The van der Waals surface area contributed by atoms with Gasteiger partial charge in [0.1, 0.15) is 0 Å². The molecule has 0 saturated carbocycles. The molecule has 21 heavy (non-hydrogen) atoms. The largest absolute Gasteiger partial charge is 0.493 e. The molecule has 2 atom stereocenters. The molecule has 0 bridgehead atoms. The van der Waals surface area contributed by atoms with Crippen LogP contribution in [0.5, 0.6) is 11.5 Å². The maximum absolute atomic E-state index is 5.96. The Hall–Kier alpha value is -1.26. The summed E-state index contributed by atoms with van der Waals surface area (Å²) in [6, 6.07) is 5.23. The predicted octanol–water partition coefficient (Wildman–Crippen LogP) is 2.71. The molecule has 1 aliphatic rings. The van der Waals surface area contributed by atoms with Gasteiger partial charge in [-0.25, -0.2) is 0 Å². The molecule has 4 nitrogen and oxygen atoms in total. The lowest BCUT2D eigenvalue weighted by Gasteiger charge is -2.40. The lowest BCUT2D eigenvalue weighted by molar-refractivity contribution is 0.0889. The van der Waals surface area contributed by atoms with Gasteiger partial charge < -0.3 is 15.2 Å². The fourth-order valence-corrected chi connectivity index (χ4v) is 3.27. The van der Waals surface area contributed by atoms with Gasteiger partial charge in [-0.1, -0.05) is 6.42 Å². The third-order valence-electron chi connectivity index (χ3n) is 4.66. The smallest absolute Gasteiger partial charge is 0.161 e. The molecule has 1 aromatic carbocycles. The van der Waals surface area contributed by atoms with Crippen LogP contribution in [0.2, 0.25) is 0 Å². The normalized spacial score (nSPS) is 23.1. The first-order valence-corrected chi connectivity index (χ1v) is 7.78. The molecule has 2 rings (SSSR count). The van der Waals surface area contributed by atoms with Crippen molar-refractivity contribution in [3.63, 3.8) is 0 Å². The molecular formula is C17H28N2O2. The molecule has 1 aliphatic heterocycles. The minimum atomic E-state index is 0.487.